The van der Waals surface area contributed by atoms with E-state index in [0.29, 0.717) is 0 Å². The molecule has 2 heterocycles. The monoisotopic (exact) mass is 417 g/mol. The van der Waals surface area contributed by atoms with Gasteiger partial charge >= 0.3 is 0 Å². The fourth-order valence-electron chi connectivity index (χ4n) is 3.79. The van der Waals surface area contributed by atoms with Gasteiger partial charge in [-0.05, 0) is 48.4 Å². The van der Waals surface area contributed by atoms with Gasteiger partial charge in [0.25, 0.3) is 0 Å². The highest BCUT2D eigenvalue weighted by atomic mass is 19.1. The lowest BCUT2D eigenvalue weighted by molar-refractivity contribution is -0.120. The topological polar surface area (TPSA) is 56.2 Å². The number of carbonyl (C=O) groups excluding carboxylic acids is 1. The number of fused-ring (bicyclic) bond motifs is 1. The number of benzene rings is 2. The summed E-state index contributed by atoms with van der Waals surface area (Å²) in [6.07, 6.45) is 5.83. The Morgan fingerprint density at radius 1 is 1.13 bits per heavy atom. The first kappa shape index (κ1) is 20.6. The molecule has 5 nitrogen and oxygen atoms in total. The van der Waals surface area contributed by atoms with Gasteiger partial charge in [-0.2, -0.15) is 0 Å². The molecule has 1 N–H and O–H groups in total. The lowest BCUT2D eigenvalue weighted by Gasteiger charge is -2.19. The summed E-state index contributed by atoms with van der Waals surface area (Å²) in [5, 5.41) is 4.16. The second-order valence-corrected chi connectivity index (χ2v) is 7.34. The molecule has 31 heavy (non-hydrogen) atoms. The van der Waals surface area contributed by atoms with E-state index in [2.05, 4.69) is 21.8 Å². The van der Waals surface area contributed by atoms with E-state index in [1.54, 1.807) is 25.4 Å². The first-order chi connectivity index (χ1) is 15.1. The van der Waals surface area contributed by atoms with Gasteiger partial charge in [-0.1, -0.05) is 24.3 Å². The first-order valence-corrected chi connectivity index (χ1v) is 10.2. The Balaban J connectivity index is 1.68. The molecule has 4 aromatic rings. The predicted octanol–water partition coefficient (Wildman–Crippen LogP) is 4.65. The summed E-state index contributed by atoms with van der Waals surface area (Å²) in [6, 6.07) is 15.2. The zero-order valence-corrected chi connectivity index (χ0v) is 17.5. The standard InChI is InChI=1S/C25H24FN3O2/c1-3-29-16-22(21-12-13-27-15-23(21)29)25(18-6-8-19(26)9-7-18)28-24(30)14-17-4-10-20(31-2)11-5-17/h4-13,15-16,25H,3,14H2,1-2H3,(H,28,30). The number of nitrogens with one attached hydrogen (secondary N) is 1. The van der Waals surface area contributed by atoms with Crippen LogP contribution in [-0.2, 0) is 17.8 Å². The Morgan fingerprint density at radius 3 is 2.55 bits per heavy atom. The molecule has 0 saturated heterocycles. The van der Waals surface area contributed by atoms with Gasteiger partial charge < -0.3 is 14.6 Å². The highest BCUT2D eigenvalue weighted by Gasteiger charge is 2.22. The molecule has 6 heteroatoms. The Kier molecular flexibility index (Phi) is 5.98. The number of hydrogen-bond acceptors (Lipinski definition) is 3. The summed E-state index contributed by atoms with van der Waals surface area (Å²) < 4.78 is 20.8. The lowest BCUT2D eigenvalue weighted by Crippen LogP contribution is -2.30. The molecule has 2 aromatic carbocycles. The summed E-state index contributed by atoms with van der Waals surface area (Å²) in [5.74, 6) is 0.313. The second-order valence-electron chi connectivity index (χ2n) is 7.34. The Hall–Kier alpha value is -3.67. The van der Waals surface area contributed by atoms with E-state index < -0.39 is 6.04 Å². The van der Waals surface area contributed by atoms with Crippen molar-refractivity contribution in [1.82, 2.24) is 14.9 Å². The average Bonchev–Trinajstić information content (AvgIpc) is 3.17. The van der Waals surface area contributed by atoms with Gasteiger partial charge in [0.2, 0.25) is 5.91 Å². The van der Waals surface area contributed by atoms with Gasteiger partial charge in [-0.25, -0.2) is 4.39 Å². The Morgan fingerprint density at radius 2 is 1.87 bits per heavy atom. The van der Waals surface area contributed by atoms with E-state index in [1.165, 1.54) is 12.1 Å². The van der Waals surface area contributed by atoms with Crippen LogP contribution in [0.1, 0.15) is 29.7 Å². The SMILES string of the molecule is CCn1cc(C(NC(=O)Cc2ccc(OC)cc2)c2ccc(F)cc2)c2ccncc21. The molecule has 2 aromatic heterocycles. The van der Waals surface area contributed by atoms with E-state index in [4.69, 9.17) is 4.74 Å². The van der Waals surface area contributed by atoms with E-state index in [9.17, 15) is 9.18 Å². The largest absolute Gasteiger partial charge is 0.497 e. The number of aryl methyl sites for hydroxylation is 1. The minimum atomic E-state index is -0.413. The fraction of sp³-hybridized carbons (Fsp3) is 0.200. The van der Waals surface area contributed by atoms with Gasteiger partial charge in [0.15, 0.2) is 0 Å². The van der Waals surface area contributed by atoms with Crippen molar-refractivity contribution in [2.75, 3.05) is 7.11 Å². The molecule has 0 aliphatic heterocycles. The van der Waals surface area contributed by atoms with Crippen molar-refractivity contribution >= 4 is 16.8 Å². The van der Waals surface area contributed by atoms with E-state index in [1.807, 2.05) is 42.7 Å². The number of halogens is 1. The van der Waals surface area contributed by atoms with Crippen molar-refractivity contribution in [3.8, 4) is 5.75 Å². The number of nitrogens with zero attached hydrogens (tertiary/aromatic N) is 2. The molecule has 0 aliphatic rings. The van der Waals surface area contributed by atoms with Crippen LogP contribution in [0.15, 0.2) is 73.2 Å². The maximum absolute atomic E-state index is 13.6. The summed E-state index contributed by atoms with van der Waals surface area (Å²) in [6.45, 7) is 2.84. The molecule has 4 rings (SSSR count). The van der Waals surface area contributed by atoms with Crippen molar-refractivity contribution in [3.63, 3.8) is 0 Å². The number of pyridine rings is 1. The molecule has 1 atom stereocenters. The van der Waals surface area contributed by atoms with E-state index >= 15 is 0 Å². The number of rotatable bonds is 7. The van der Waals surface area contributed by atoms with Crippen LogP contribution in [0.4, 0.5) is 4.39 Å². The average molecular weight is 417 g/mol. The Labute approximate surface area is 180 Å². The van der Waals surface area contributed by atoms with Crippen LogP contribution >= 0.6 is 0 Å². The van der Waals surface area contributed by atoms with Crippen LogP contribution in [0, 0.1) is 5.82 Å². The maximum Gasteiger partial charge on any atom is 0.225 e. The maximum atomic E-state index is 13.6. The number of carbonyl (C=O) groups is 1. The van der Waals surface area contributed by atoms with Crippen molar-refractivity contribution in [2.45, 2.75) is 25.9 Å². The predicted molar refractivity (Wildman–Crippen MR) is 118 cm³/mol. The minimum Gasteiger partial charge on any atom is -0.497 e. The second kappa shape index (κ2) is 9.00. The summed E-state index contributed by atoms with van der Waals surface area (Å²) >= 11 is 0. The molecule has 158 valence electrons. The third-order valence-electron chi connectivity index (χ3n) is 5.40. The van der Waals surface area contributed by atoms with Crippen LogP contribution in [-0.4, -0.2) is 22.6 Å². The number of hydrogen-bond donors (Lipinski definition) is 1. The first-order valence-electron chi connectivity index (χ1n) is 10.2. The quantitative estimate of drug-likeness (QED) is 0.476. The van der Waals surface area contributed by atoms with Crippen molar-refractivity contribution < 1.29 is 13.9 Å². The number of aromatic nitrogens is 2. The Bertz CT molecular complexity index is 1180. The summed E-state index contributed by atoms with van der Waals surface area (Å²) in [7, 11) is 1.61. The van der Waals surface area contributed by atoms with Gasteiger partial charge in [0.05, 0.1) is 31.3 Å². The summed E-state index contributed by atoms with van der Waals surface area (Å²) in [5.41, 5.74) is 3.65. The van der Waals surface area contributed by atoms with Crippen LogP contribution in [0.2, 0.25) is 0 Å². The van der Waals surface area contributed by atoms with Crippen molar-refractivity contribution in [3.05, 3.63) is 95.7 Å². The molecule has 1 amide bonds. The number of ether oxygens (including phenoxy) is 1. The zero-order chi connectivity index (χ0) is 21.8. The fourth-order valence-corrected chi connectivity index (χ4v) is 3.79. The molecule has 0 bridgehead atoms. The van der Waals surface area contributed by atoms with Crippen LogP contribution in [0.3, 0.4) is 0 Å². The van der Waals surface area contributed by atoms with Gasteiger partial charge in [0, 0.05) is 29.9 Å². The zero-order valence-electron chi connectivity index (χ0n) is 17.5. The van der Waals surface area contributed by atoms with Gasteiger partial charge in [-0.3, -0.25) is 9.78 Å². The molecule has 0 spiro atoms. The smallest absolute Gasteiger partial charge is 0.225 e. The minimum absolute atomic E-state index is 0.119. The van der Waals surface area contributed by atoms with Crippen molar-refractivity contribution in [2.24, 2.45) is 0 Å². The highest BCUT2D eigenvalue weighted by molar-refractivity contribution is 5.86. The molecule has 0 radical (unpaired) electrons. The van der Waals surface area contributed by atoms with Crippen LogP contribution < -0.4 is 10.1 Å². The summed E-state index contributed by atoms with van der Waals surface area (Å²) in [4.78, 5) is 17.2. The third kappa shape index (κ3) is 4.43. The van der Waals surface area contributed by atoms with Crippen LogP contribution in [0.25, 0.3) is 10.9 Å². The third-order valence-corrected chi connectivity index (χ3v) is 5.40. The van der Waals surface area contributed by atoms with Crippen LogP contribution in [0.5, 0.6) is 5.75 Å². The number of amides is 1. The molecular formula is C25H24FN3O2. The van der Waals surface area contributed by atoms with E-state index in [0.717, 1.165) is 39.9 Å². The molecule has 0 aliphatic carbocycles. The molecule has 0 saturated carbocycles. The highest BCUT2D eigenvalue weighted by Crippen LogP contribution is 2.31. The molecule has 1 unspecified atom stereocenters. The van der Waals surface area contributed by atoms with Crippen molar-refractivity contribution in [1.29, 1.82) is 0 Å². The molecular weight excluding hydrogens is 393 g/mol. The van der Waals surface area contributed by atoms with E-state index in [-0.39, 0.29) is 18.1 Å². The van der Waals surface area contributed by atoms with Gasteiger partial charge in [-0.15, -0.1) is 0 Å². The molecule has 0 fully saturated rings. The lowest BCUT2D eigenvalue weighted by atomic mass is 9.98. The number of methoxy groups -OCH3 is 1. The normalized spacial score (nSPS) is 12.0. The van der Waals surface area contributed by atoms with Gasteiger partial charge in [0.1, 0.15) is 11.6 Å².